The minimum atomic E-state index is 0. The quantitative estimate of drug-likeness (QED) is 0.801. The zero-order valence-corrected chi connectivity index (χ0v) is 14.0. The van der Waals surface area contributed by atoms with Gasteiger partial charge in [0.25, 0.3) is 0 Å². The summed E-state index contributed by atoms with van der Waals surface area (Å²) in [6.07, 6.45) is 0. The molecule has 0 N–H and O–H groups in total. The van der Waals surface area contributed by atoms with Crippen LogP contribution in [0.4, 0.5) is 0 Å². The molecular formula is C17H24ClNO2. The van der Waals surface area contributed by atoms with Crippen LogP contribution in [-0.4, -0.2) is 32.2 Å². The van der Waals surface area contributed by atoms with Crippen molar-refractivity contribution in [3.05, 3.63) is 35.9 Å². The summed E-state index contributed by atoms with van der Waals surface area (Å²) in [7, 11) is 3.34. The topological polar surface area (TPSA) is 21.7 Å². The molecule has 2 aromatic carbocycles. The molecule has 116 valence electrons. The Morgan fingerprint density at radius 2 is 1.43 bits per heavy atom. The Hall–Kier alpha value is -1.45. The maximum absolute atomic E-state index is 5.37. The maximum atomic E-state index is 5.37. The van der Waals surface area contributed by atoms with Crippen molar-refractivity contribution in [2.45, 2.75) is 20.4 Å². The number of rotatable bonds is 6. The van der Waals surface area contributed by atoms with Crippen LogP contribution in [0.2, 0.25) is 0 Å². The summed E-state index contributed by atoms with van der Waals surface area (Å²) in [5.74, 6) is 1.55. The fourth-order valence-corrected chi connectivity index (χ4v) is 2.43. The lowest BCUT2D eigenvalue weighted by atomic mass is 10.1. The van der Waals surface area contributed by atoms with Gasteiger partial charge in [-0.1, -0.05) is 26.0 Å². The summed E-state index contributed by atoms with van der Waals surface area (Å²) >= 11 is 0. The van der Waals surface area contributed by atoms with Gasteiger partial charge in [0.1, 0.15) is 0 Å². The molecule has 21 heavy (non-hydrogen) atoms. The summed E-state index contributed by atoms with van der Waals surface area (Å²) < 4.78 is 10.7. The summed E-state index contributed by atoms with van der Waals surface area (Å²) in [5, 5.41) is 2.36. The Morgan fingerprint density at radius 3 is 1.95 bits per heavy atom. The zero-order chi connectivity index (χ0) is 14.5. The molecule has 0 radical (unpaired) electrons. The molecule has 4 heteroatoms. The highest BCUT2D eigenvalue weighted by Gasteiger charge is 2.07. The molecule has 0 heterocycles. The van der Waals surface area contributed by atoms with Crippen molar-refractivity contribution in [1.29, 1.82) is 0 Å². The van der Waals surface area contributed by atoms with E-state index in [1.807, 2.05) is 12.1 Å². The first-order chi connectivity index (χ1) is 9.71. The van der Waals surface area contributed by atoms with Gasteiger partial charge in [-0.25, -0.2) is 0 Å². The van der Waals surface area contributed by atoms with Crippen LogP contribution in [0.25, 0.3) is 10.8 Å². The van der Waals surface area contributed by atoms with E-state index in [2.05, 4.69) is 36.9 Å². The van der Waals surface area contributed by atoms with Crippen molar-refractivity contribution >= 4 is 23.2 Å². The van der Waals surface area contributed by atoms with Crippen molar-refractivity contribution in [3.8, 4) is 11.5 Å². The highest BCUT2D eigenvalue weighted by molar-refractivity contribution is 5.86. The van der Waals surface area contributed by atoms with Gasteiger partial charge in [0.2, 0.25) is 0 Å². The lowest BCUT2D eigenvalue weighted by Gasteiger charge is -2.18. The molecule has 0 fully saturated rings. The van der Waals surface area contributed by atoms with Crippen molar-refractivity contribution in [2.75, 3.05) is 27.3 Å². The number of halogens is 1. The normalized spacial score (nSPS) is 10.5. The average Bonchev–Trinajstić information content (AvgIpc) is 2.50. The molecule has 0 amide bonds. The van der Waals surface area contributed by atoms with Gasteiger partial charge in [-0.3, -0.25) is 4.90 Å². The van der Waals surface area contributed by atoms with Crippen molar-refractivity contribution in [2.24, 2.45) is 0 Å². The summed E-state index contributed by atoms with van der Waals surface area (Å²) in [5.41, 5.74) is 1.33. The van der Waals surface area contributed by atoms with Crippen LogP contribution in [0, 0.1) is 0 Å². The second-order valence-electron chi connectivity index (χ2n) is 4.85. The lowest BCUT2D eigenvalue weighted by molar-refractivity contribution is 0.296. The predicted octanol–water partition coefficient (Wildman–Crippen LogP) is 4.12. The van der Waals surface area contributed by atoms with E-state index in [-0.39, 0.29) is 12.4 Å². The first kappa shape index (κ1) is 17.6. The summed E-state index contributed by atoms with van der Waals surface area (Å²) in [6, 6.07) is 10.6. The third-order valence-electron chi connectivity index (χ3n) is 3.71. The van der Waals surface area contributed by atoms with Crippen LogP contribution in [0.1, 0.15) is 19.4 Å². The lowest BCUT2D eigenvalue weighted by Crippen LogP contribution is -2.21. The fourth-order valence-electron chi connectivity index (χ4n) is 2.43. The predicted molar refractivity (Wildman–Crippen MR) is 90.9 cm³/mol. The van der Waals surface area contributed by atoms with Gasteiger partial charge in [0.15, 0.2) is 11.5 Å². The number of methoxy groups -OCH3 is 2. The summed E-state index contributed by atoms with van der Waals surface area (Å²) in [4.78, 5) is 2.40. The third-order valence-corrected chi connectivity index (χ3v) is 3.71. The van der Waals surface area contributed by atoms with Crippen LogP contribution in [0.15, 0.2) is 30.3 Å². The van der Waals surface area contributed by atoms with E-state index < -0.39 is 0 Å². The number of hydrogen-bond acceptors (Lipinski definition) is 3. The van der Waals surface area contributed by atoms with Crippen molar-refractivity contribution in [3.63, 3.8) is 0 Å². The third kappa shape index (κ3) is 4.02. The van der Waals surface area contributed by atoms with Crippen LogP contribution in [0.5, 0.6) is 11.5 Å². The number of fused-ring (bicyclic) bond motifs is 1. The molecule has 0 atom stereocenters. The Bertz CT molecular complexity index is 582. The number of ether oxygens (including phenoxy) is 2. The van der Waals surface area contributed by atoms with Gasteiger partial charge in [0, 0.05) is 6.54 Å². The van der Waals surface area contributed by atoms with Crippen molar-refractivity contribution in [1.82, 2.24) is 4.90 Å². The van der Waals surface area contributed by atoms with E-state index in [9.17, 15) is 0 Å². The molecule has 0 aliphatic carbocycles. The highest BCUT2D eigenvalue weighted by atomic mass is 35.5. The summed E-state index contributed by atoms with van der Waals surface area (Å²) in [6.45, 7) is 7.51. The molecule has 2 aromatic rings. The fraction of sp³-hybridized carbons (Fsp3) is 0.412. The molecule has 3 nitrogen and oxygen atoms in total. The van der Waals surface area contributed by atoms with Gasteiger partial charge in [-0.15, -0.1) is 12.4 Å². The van der Waals surface area contributed by atoms with Crippen molar-refractivity contribution < 1.29 is 9.47 Å². The van der Waals surface area contributed by atoms with E-state index in [0.29, 0.717) is 0 Å². The zero-order valence-electron chi connectivity index (χ0n) is 13.2. The average molecular weight is 310 g/mol. The molecule has 0 aliphatic rings. The highest BCUT2D eigenvalue weighted by Crippen LogP contribution is 2.32. The van der Waals surface area contributed by atoms with E-state index in [1.54, 1.807) is 14.2 Å². The van der Waals surface area contributed by atoms with E-state index in [1.165, 1.54) is 16.3 Å². The van der Waals surface area contributed by atoms with Crippen LogP contribution >= 0.6 is 12.4 Å². The van der Waals surface area contributed by atoms with E-state index in [4.69, 9.17) is 9.47 Å². The van der Waals surface area contributed by atoms with Gasteiger partial charge in [-0.2, -0.15) is 0 Å². The molecule has 0 bridgehead atoms. The Morgan fingerprint density at radius 1 is 0.857 bits per heavy atom. The van der Waals surface area contributed by atoms with Crippen LogP contribution in [0.3, 0.4) is 0 Å². The minimum Gasteiger partial charge on any atom is -0.493 e. The van der Waals surface area contributed by atoms with Gasteiger partial charge >= 0.3 is 0 Å². The van der Waals surface area contributed by atoms with Crippen LogP contribution in [-0.2, 0) is 6.54 Å². The molecule has 2 rings (SSSR count). The Labute approximate surface area is 133 Å². The second kappa shape index (κ2) is 8.11. The Kier molecular flexibility index (Phi) is 6.79. The standard InChI is InChI=1S/C17H23NO2.ClH/c1-5-18(6-2)12-13-7-8-14-10-16(19-3)17(20-4)11-15(14)9-13;/h7-11H,5-6,12H2,1-4H3;1H. The van der Waals surface area contributed by atoms with Gasteiger partial charge < -0.3 is 9.47 Å². The smallest absolute Gasteiger partial charge is 0.161 e. The van der Waals surface area contributed by atoms with E-state index in [0.717, 1.165) is 31.1 Å². The van der Waals surface area contributed by atoms with Crippen LogP contribution < -0.4 is 9.47 Å². The number of hydrogen-bond donors (Lipinski definition) is 0. The largest absolute Gasteiger partial charge is 0.493 e. The Balaban J connectivity index is 0.00000220. The number of benzene rings is 2. The second-order valence-corrected chi connectivity index (χ2v) is 4.85. The molecule has 0 saturated carbocycles. The van der Waals surface area contributed by atoms with E-state index >= 15 is 0 Å². The first-order valence-corrected chi connectivity index (χ1v) is 7.08. The number of nitrogens with zero attached hydrogens (tertiary/aromatic N) is 1. The molecule has 0 spiro atoms. The first-order valence-electron chi connectivity index (χ1n) is 7.08. The minimum absolute atomic E-state index is 0. The SMILES string of the molecule is CCN(CC)Cc1ccc2cc(OC)c(OC)cc2c1.Cl. The van der Waals surface area contributed by atoms with Gasteiger partial charge in [-0.05, 0) is 47.6 Å². The molecule has 0 unspecified atom stereocenters. The molecule has 0 aromatic heterocycles. The molecule has 0 aliphatic heterocycles. The van der Waals surface area contributed by atoms with Gasteiger partial charge in [0.05, 0.1) is 14.2 Å². The molecular weight excluding hydrogens is 286 g/mol. The maximum Gasteiger partial charge on any atom is 0.161 e. The molecule has 0 saturated heterocycles. The monoisotopic (exact) mass is 309 g/mol.